The molecule has 0 fully saturated rings. The zero-order chi connectivity index (χ0) is 23.7. The molecule has 0 aliphatic rings. The molecule has 0 saturated carbocycles. The van der Waals surface area contributed by atoms with Gasteiger partial charge in [0.05, 0.1) is 11.9 Å². The number of nitrogens with zero attached hydrogens (tertiary/aromatic N) is 2. The van der Waals surface area contributed by atoms with E-state index in [1.807, 2.05) is 37.3 Å². The van der Waals surface area contributed by atoms with Gasteiger partial charge >= 0.3 is 0 Å². The normalized spacial score (nSPS) is 12.1. The fraction of sp³-hybridized carbons (Fsp3) is 0.391. The van der Waals surface area contributed by atoms with Crippen LogP contribution in [0.5, 0.6) is 0 Å². The Bertz CT molecular complexity index is 1010. The maximum Gasteiger partial charge on any atom is 0.244 e. The molecule has 0 aromatic heterocycles. The van der Waals surface area contributed by atoms with Crippen molar-refractivity contribution in [3.05, 3.63) is 66.0 Å². The summed E-state index contributed by atoms with van der Waals surface area (Å²) < 4.78 is 39.8. The number of para-hydroxylation sites is 1. The fourth-order valence-electron chi connectivity index (χ4n) is 3.15. The molecule has 7 nitrogen and oxygen atoms in total. The largest absolute Gasteiger partial charge is 0.354 e. The van der Waals surface area contributed by atoms with Crippen LogP contribution in [-0.2, 0) is 26.2 Å². The second-order valence-electron chi connectivity index (χ2n) is 7.55. The Balaban J connectivity index is 2.33. The van der Waals surface area contributed by atoms with Crippen LogP contribution in [0.4, 0.5) is 10.1 Å². The number of halogens is 1. The first-order chi connectivity index (χ1) is 15.1. The molecule has 2 aromatic carbocycles. The van der Waals surface area contributed by atoms with Crippen LogP contribution in [0.2, 0.25) is 0 Å². The first-order valence-electron chi connectivity index (χ1n) is 10.5. The van der Waals surface area contributed by atoms with Crippen LogP contribution in [0.25, 0.3) is 0 Å². The highest BCUT2D eigenvalue weighted by Crippen LogP contribution is 2.22. The summed E-state index contributed by atoms with van der Waals surface area (Å²) in [7, 11) is -3.96. The Labute approximate surface area is 189 Å². The van der Waals surface area contributed by atoms with Crippen LogP contribution < -0.4 is 9.62 Å². The molecular formula is C23H30FN3O4S. The Morgan fingerprint density at radius 1 is 1.06 bits per heavy atom. The topological polar surface area (TPSA) is 86.8 Å². The third kappa shape index (κ3) is 7.05. The van der Waals surface area contributed by atoms with E-state index in [-0.39, 0.29) is 18.1 Å². The highest BCUT2D eigenvalue weighted by atomic mass is 32.2. The third-order valence-corrected chi connectivity index (χ3v) is 6.12. The molecule has 0 aliphatic heterocycles. The molecule has 9 heteroatoms. The Hall–Kier alpha value is -2.94. The average molecular weight is 464 g/mol. The number of hydrogen-bond donors (Lipinski definition) is 1. The van der Waals surface area contributed by atoms with Gasteiger partial charge in [-0.05, 0) is 31.0 Å². The molecular weight excluding hydrogens is 433 g/mol. The van der Waals surface area contributed by atoms with E-state index in [0.29, 0.717) is 6.54 Å². The summed E-state index contributed by atoms with van der Waals surface area (Å²) in [5.74, 6) is -1.70. The van der Waals surface area contributed by atoms with Crippen molar-refractivity contribution in [2.45, 2.75) is 39.3 Å². The van der Waals surface area contributed by atoms with Gasteiger partial charge in [0.25, 0.3) is 0 Å². The van der Waals surface area contributed by atoms with Gasteiger partial charge in [-0.25, -0.2) is 12.8 Å². The van der Waals surface area contributed by atoms with Gasteiger partial charge in [0.15, 0.2) is 0 Å². The molecule has 0 heterocycles. The van der Waals surface area contributed by atoms with E-state index >= 15 is 0 Å². The molecule has 0 unspecified atom stereocenters. The van der Waals surface area contributed by atoms with Gasteiger partial charge in [-0.1, -0.05) is 55.8 Å². The van der Waals surface area contributed by atoms with Crippen molar-refractivity contribution in [2.75, 3.05) is 23.7 Å². The van der Waals surface area contributed by atoms with E-state index in [4.69, 9.17) is 0 Å². The van der Waals surface area contributed by atoms with Crippen molar-refractivity contribution in [1.29, 1.82) is 0 Å². The lowest BCUT2D eigenvalue weighted by Gasteiger charge is -2.31. The van der Waals surface area contributed by atoms with Crippen LogP contribution in [0.1, 0.15) is 32.3 Å². The highest BCUT2D eigenvalue weighted by Gasteiger charge is 2.30. The molecule has 2 rings (SSSR count). The number of carbonyl (C=O) groups excluding carboxylic acids is 2. The molecule has 0 spiro atoms. The zero-order valence-electron chi connectivity index (χ0n) is 18.6. The van der Waals surface area contributed by atoms with Crippen LogP contribution in [0.3, 0.4) is 0 Å². The highest BCUT2D eigenvalue weighted by molar-refractivity contribution is 7.92. The molecule has 174 valence electrons. The minimum absolute atomic E-state index is 0.108. The number of amides is 2. The molecule has 32 heavy (non-hydrogen) atoms. The predicted molar refractivity (Wildman–Crippen MR) is 123 cm³/mol. The van der Waals surface area contributed by atoms with E-state index in [2.05, 4.69) is 5.32 Å². The molecule has 1 atom stereocenters. The molecule has 0 saturated heterocycles. The molecule has 0 bridgehead atoms. The number of nitrogens with one attached hydrogen (secondary N) is 1. The van der Waals surface area contributed by atoms with Gasteiger partial charge in [-0.3, -0.25) is 13.9 Å². The summed E-state index contributed by atoms with van der Waals surface area (Å²) in [6.07, 6.45) is 2.63. The van der Waals surface area contributed by atoms with Gasteiger partial charge in [0.1, 0.15) is 18.4 Å². The van der Waals surface area contributed by atoms with Gasteiger partial charge in [0.2, 0.25) is 21.8 Å². The quantitative estimate of drug-likeness (QED) is 0.519. The standard InChI is InChI=1S/C23H30FN3O4S/c1-4-5-15-25-23(29)18(2)26(16-19-11-7-6-8-12-19)22(28)17-27(32(3,30)31)21-14-10-9-13-20(21)24/h6-14,18H,4-5,15-17H2,1-3H3,(H,25,29)/t18-/m1/s1. The number of benzene rings is 2. The number of carbonyl (C=O) groups is 2. The number of anilines is 1. The van der Waals surface area contributed by atoms with E-state index in [9.17, 15) is 22.4 Å². The second-order valence-corrected chi connectivity index (χ2v) is 9.46. The lowest BCUT2D eigenvalue weighted by atomic mass is 10.1. The van der Waals surface area contributed by atoms with Crippen LogP contribution in [0, 0.1) is 5.82 Å². The SMILES string of the molecule is CCCCNC(=O)[C@@H](C)N(Cc1ccccc1)C(=O)CN(c1ccccc1F)S(C)(=O)=O. The number of sulfonamides is 1. The summed E-state index contributed by atoms with van der Waals surface area (Å²) in [5.41, 5.74) is 0.564. The summed E-state index contributed by atoms with van der Waals surface area (Å²) in [5, 5.41) is 2.80. The first kappa shape index (κ1) is 25.3. The average Bonchev–Trinajstić information content (AvgIpc) is 2.76. The maximum absolute atomic E-state index is 14.3. The summed E-state index contributed by atoms with van der Waals surface area (Å²) in [4.78, 5) is 27.3. The predicted octanol–water partition coefficient (Wildman–Crippen LogP) is 2.93. The van der Waals surface area contributed by atoms with Gasteiger partial charge in [0, 0.05) is 13.1 Å². The van der Waals surface area contributed by atoms with Crippen molar-refractivity contribution >= 4 is 27.5 Å². The smallest absolute Gasteiger partial charge is 0.244 e. The van der Waals surface area contributed by atoms with Crippen molar-refractivity contribution in [3.8, 4) is 0 Å². The molecule has 2 aromatic rings. The Kier molecular flexibility index (Phi) is 9.19. The van der Waals surface area contributed by atoms with Crippen molar-refractivity contribution in [1.82, 2.24) is 10.2 Å². The lowest BCUT2D eigenvalue weighted by molar-refractivity contribution is -0.139. The summed E-state index contributed by atoms with van der Waals surface area (Å²) in [6.45, 7) is 3.56. The fourth-order valence-corrected chi connectivity index (χ4v) is 4.00. The Morgan fingerprint density at radius 3 is 2.28 bits per heavy atom. The summed E-state index contributed by atoms with van der Waals surface area (Å²) >= 11 is 0. The van der Waals surface area contributed by atoms with Gasteiger partial charge in [-0.15, -0.1) is 0 Å². The molecule has 1 N–H and O–H groups in total. The first-order valence-corrected chi connectivity index (χ1v) is 12.3. The zero-order valence-corrected chi connectivity index (χ0v) is 19.4. The molecule has 2 amide bonds. The van der Waals surface area contributed by atoms with Crippen LogP contribution in [-0.4, -0.2) is 50.5 Å². The van der Waals surface area contributed by atoms with Crippen LogP contribution in [0.15, 0.2) is 54.6 Å². The van der Waals surface area contributed by atoms with Crippen molar-refractivity contribution < 1.29 is 22.4 Å². The van der Waals surface area contributed by atoms with E-state index in [1.54, 1.807) is 6.92 Å². The van der Waals surface area contributed by atoms with E-state index in [0.717, 1.165) is 35.0 Å². The van der Waals surface area contributed by atoms with E-state index < -0.39 is 34.3 Å². The number of unbranched alkanes of at least 4 members (excludes halogenated alkanes) is 1. The number of rotatable bonds is 11. The van der Waals surface area contributed by atoms with Gasteiger partial charge < -0.3 is 10.2 Å². The van der Waals surface area contributed by atoms with Crippen LogP contribution >= 0.6 is 0 Å². The minimum Gasteiger partial charge on any atom is -0.354 e. The van der Waals surface area contributed by atoms with Gasteiger partial charge in [-0.2, -0.15) is 0 Å². The summed E-state index contributed by atoms with van der Waals surface area (Å²) in [6, 6.07) is 13.6. The number of hydrogen-bond acceptors (Lipinski definition) is 4. The maximum atomic E-state index is 14.3. The molecule has 0 aliphatic carbocycles. The monoisotopic (exact) mass is 463 g/mol. The van der Waals surface area contributed by atoms with E-state index in [1.165, 1.54) is 23.1 Å². The van der Waals surface area contributed by atoms with Crippen molar-refractivity contribution in [3.63, 3.8) is 0 Å². The minimum atomic E-state index is -3.96. The third-order valence-electron chi connectivity index (χ3n) is 4.99. The lowest BCUT2D eigenvalue weighted by Crippen LogP contribution is -2.51. The van der Waals surface area contributed by atoms with Crippen molar-refractivity contribution in [2.24, 2.45) is 0 Å². The molecule has 0 radical (unpaired) electrons. The second kappa shape index (κ2) is 11.6. The Morgan fingerprint density at radius 2 is 1.69 bits per heavy atom.